The normalized spacial score (nSPS) is 13.1. The minimum Gasteiger partial charge on any atom is -0.418 e. The van der Waals surface area contributed by atoms with Crippen LogP contribution in [0.3, 0.4) is 0 Å². The van der Waals surface area contributed by atoms with Gasteiger partial charge in [-0.05, 0) is 53.7 Å². The smallest absolute Gasteiger partial charge is 0.418 e. The zero-order valence-corrected chi connectivity index (χ0v) is 24.8. The van der Waals surface area contributed by atoms with Crippen LogP contribution in [-0.2, 0) is 0 Å². The maximum atomic E-state index is 9.75. The largest absolute Gasteiger partial charge is 0.673 e. The van der Waals surface area contributed by atoms with E-state index in [-0.39, 0.29) is 0 Å². The highest BCUT2D eigenvalue weighted by molar-refractivity contribution is 7.19. The van der Waals surface area contributed by atoms with Crippen molar-refractivity contribution in [1.29, 1.82) is 0 Å². The van der Waals surface area contributed by atoms with Gasteiger partial charge in [0, 0.05) is 0 Å². The quantitative estimate of drug-likeness (QED) is 0.0550. The third-order valence-corrected chi connectivity index (χ3v) is 8.52. The van der Waals surface area contributed by atoms with Gasteiger partial charge in [-0.3, -0.25) is 0 Å². The van der Waals surface area contributed by atoms with Crippen LogP contribution in [-0.4, -0.2) is 12.4 Å². The Morgan fingerprint density at radius 3 is 1.15 bits per heavy atom. The summed E-state index contributed by atoms with van der Waals surface area (Å²) in [6, 6.07) is 0. The van der Waals surface area contributed by atoms with Crippen molar-refractivity contribution < 1.29 is 17.3 Å². The minimum absolute atomic E-state index is 0.638. The van der Waals surface area contributed by atoms with E-state index in [1.807, 2.05) is 0 Å². The first-order valence-corrected chi connectivity index (χ1v) is 15.6. The zero-order valence-electron chi connectivity index (χ0n) is 23.4. The standard InChI is InChI=1S/C28H59P.BF4/c1-5-9-13-14-15-16-17-18-19-20-21-22-24-27(23-10-6-2)28(29,25-11-7-3)26-12-8-4;2-1(3,4)5/h27H,5-26,29H2,1-4H3;/q;-1/p+1. The van der Waals surface area contributed by atoms with Crippen LogP contribution < -0.4 is 0 Å². The second-order valence-corrected chi connectivity index (χ2v) is 12.0. The van der Waals surface area contributed by atoms with E-state index >= 15 is 0 Å². The molecule has 0 spiro atoms. The summed E-state index contributed by atoms with van der Waals surface area (Å²) >= 11 is 0. The summed E-state index contributed by atoms with van der Waals surface area (Å²) in [6.07, 6.45) is 32.0. The molecule has 0 saturated carbocycles. The van der Waals surface area contributed by atoms with Gasteiger partial charge in [-0.1, -0.05) is 130 Å². The van der Waals surface area contributed by atoms with E-state index in [2.05, 4.69) is 36.9 Å². The Kier molecular flexibility index (Phi) is 26.6. The van der Waals surface area contributed by atoms with Crippen LogP contribution in [0.5, 0.6) is 0 Å². The molecule has 2 unspecified atom stereocenters. The average molecular weight is 515 g/mol. The fourth-order valence-corrected chi connectivity index (χ4v) is 5.94. The number of rotatable bonds is 23. The SMILES string of the molecule is CCCCCCCCCCCCCCC(CCCC)C([PH3+])(CCCC)CCCC.F[B-](F)(F)F. The van der Waals surface area contributed by atoms with Crippen LogP contribution in [0.2, 0.25) is 0 Å². The average Bonchev–Trinajstić information content (AvgIpc) is 2.77. The monoisotopic (exact) mass is 514 g/mol. The topological polar surface area (TPSA) is 0 Å². The van der Waals surface area contributed by atoms with Gasteiger partial charge in [-0.2, -0.15) is 0 Å². The third kappa shape index (κ3) is 26.8. The molecule has 0 aliphatic rings. The molecule has 0 aliphatic heterocycles. The van der Waals surface area contributed by atoms with Crippen LogP contribution in [0.25, 0.3) is 0 Å². The molecule has 0 nitrogen and oxygen atoms in total. The summed E-state index contributed by atoms with van der Waals surface area (Å²) in [7, 11) is -3.59. The van der Waals surface area contributed by atoms with Gasteiger partial charge in [0.15, 0.2) is 0 Å². The predicted octanol–water partition coefficient (Wildman–Crippen LogP) is 11.9. The molecule has 0 bridgehead atoms. The van der Waals surface area contributed by atoms with Gasteiger partial charge in [0.2, 0.25) is 0 Å². The Hall–Kier alpha value is 0.215. The molecular formula is C28H60BF4P. The van der Waals surface area contributed by atoms with Crippen LogP contribution in [0.4, 0.5) is 17.3 Å². The van der Waals surface area contributed by atoms with Crippen molar-refractivity contribution in [3.63, 3.8) is 0 Å². The Morgan fingerprint density at radius 1 is 0.500 bits per heavy atom. The number of hydrogen-bond acceptors (Lipinski definition) is 0. The Labute approximate surface area is 213 Å². The molecule has 6 heteroatoms. The van der Waals surface area contributed by atoms with Crippen LogP contribution in [0.1, 0.15) is 169 Å². The minimum atomic E-state index is -6.00. The molecule has 208 valence electrons. The third-order valence-electron chi connectivity index (χ3n) is 7.23. The first-order valence-electron chi connectivity index (χ1n) is 14.9. The molecule has 0 N–H and O–H groups in total. The lowest BCUT2D eigenvalue weighted by molar-refractivity contribution is 0.274. The first kappa shape index (κ1) is 36.4. The van der Waals surface area contributed by atoms with Gasteiger partial charge in [-0.25, -0.2) is 0 Å². The molecule has 0 aromatic carbocycles. The summed E-state index contributed by atoms with van der Waals surface area (Å²) in [4.78, 5) is 0. The molecule has 0 aromatic heterocycles. The lowest BCUT2D eigenvalue weighted by Crippen LogP contribution is -2.32. The van der Waals surface area contributed by atoms with E-state index in [0.29, 0.717) is 5.16 Å². The predicted molar refractivity (Wildman–Crippen MR) is 152 cm³/mol. The Balaban J connectivity index is 0. The van der Waals surface area contributed by atoms with Crippen LogP contribution in [0, 0.1) is 5.92 Å². The molecular weight excluding hydrogens is 454 g/mol. The number of halogens is 4. The van der Waals surface area contributed by atoms with E-state index in [1.165, 1.54) is 141 Å². The van der Waals surface area contributed by atoms with E-state index in [0.717, 1.165) is 5.92 Å². The fourth-order valence-electron chi connectivity index (χ4n) is 5.03. The lowest BCUT2D eigenvalue weighted by Gasteiger charge is -2.34. The summed E-state index contributed by atoms with van der Waals surface area (Å²) < 4.78 is 39.0. The molecule has 34 heavy (non-hydrogen) atoms. The highest BCUT2D eigenvalue weighted by atomic mass is 31.0. The summed E-state index contributed by atoms with van der Waals surface area (Å²) in [5.74, 6) is 0.988. The van der Waals surface area contributed by atoms with Crippen molar-refractivity contribution in [2.45, 2.75) is 174 Å². The van der Waals surface area contributed by atoms with Crippen molar-refractivity contribution in [3.05, 3.63) is 0 Å². The molecule has 0 aliphatic carbocycles. The van der Waals surface area contributed by atoms with E-state index < -0.39 is 7.25 Å². The second kappa shape index (κ2) is 24.9. The summed E-state index contributed by atoms with van der Waals surface area (Å²) in [5.41, 5.74) is 0. The van der Waals surface area contributed by atoms with Gasteiger partial charge in [0.05, 0.1) is 5.16 Å². The van der Waals surface area contributed by atoms with Gasteiger partial charge in [0.25, 0.3) is 0 Å². The lowest BCUT2D eigenvalue weighted by atomic mass is 9.77. The number of hydrogen-bond donors (Lipinski definition) is 0. The van der Waals surface area contributed by atoms with Crippen molar-refractivity contribution in [3.8, 4) is 0 Å². The zero-order chi connectivity index (χ0) is 26.1. The van der Waals surface area contributed by atoms with Gasteiger partial charge < -0.3 is 17.3 Å². The molecule has 0 saturated heterocycles. The van der Waals surface area contributed by atoms with Crippen LogP contribution >= 0.6 is 9.24 Å². The van der Waals surface area contributed by atoms with Gasteiger partial charge in [-0.15, -0.1) is 0 Å². The van der Waals surface area contributed by atoms with Gasteiger partial charge in [0.1, 0.15) is 0 Å². The van der Waals surface area contributed by atoms with E-state index in [9.17, 15) is 17.3 Å². The molecule has 2 atom stereocenters. The van der Waals surface area contributed by atoms with Gasteiger partial charge >= 0.3 is 7.25 Å². The van der Waals surface area contributed by atoms with Crippen molar-refractivity contribution >= 4 is 16.5 Å². The maximum absolute atomic E-state index is 9.75. The second-order valence-electron chi connectivity index (χ2n) is 10.6. The van der Waals surface area contributed by atoms with E-state index in [4.69, 9.17) is 0 Å². The molecule has 0 aromatic rings. The summed E-state index contributed by atoms with van der Waals surface area (Å²) in [6.45, 7) is 9.42. The Bertz CT molecular complexity index is 390. The molecule has 0 heterocycles. The molecule has 0 fully saturated rings. The van der Waals surface area contributed by atoms with Crippen LogP contribution in [0.15, 0.2) is 0 Å². The van der Waals surface area contributed by atoms with Crippen molar-refractivity contribution in [2.75, 3.05) is 0 Å². The fraction of sp³-hybridized carbons (Fsp3) is 1.00. The first-order chi connectivity index (χ1) is 16.1. The number of unbranched alkanes of at least 4 members (excludes halogenated alkanes) is 14. The molecule has 0 amide bonds. The highest BCUT2D eigenvalue weighted by Gasteiger charge is 2.36. The maximum Gasteiger partial charge on any atom is 0.673 e. The van der Waals surface area contributed by atoms with E-state index in [1.54, 1.807) is 0 Å². The summed E-state index contributed by atoms with van der Waals surface area (Å²) in [5, 5.41) is 0.638. The van der Waals surface area contributed by atoms with Crippen molar-refractivity contribution in [2.24, 2.45) is 5.92 Å². The van der Waals surface area contributed by atoms with Crippen molar-refractivity contribution in [1.82, 2.24) is 0 Å². The molecule has 0 radical (unpaired) electrons. The molecule has 0 rings (SSSR count). The Morgan fingerprint density at radius 2 is 0.794 bits per heavy atom. The highest BCUT2D eigenvalue weighted by Crippen LogP contribution is 2.43.